The number of H-pyrrole nitrogens is 1. The Labute approximate surface area is 136 Å². The van der Waals surface area contributed by atoms with E-state index < -0.39 is 0 Å². The lowest BCUT2D eigenvalue weighted by atomic mass is 10.2. The van der Waals surface area contributed by atoms with E-state index in [2.05, 4.69) is 20.5 Å². The number of aromatic nitrogens is 2. The minimum Gasteiger partial charge on any atom is -0.333 e. The number of carbonyl (C=O) groups excluding carboxylic acids is 1. The first-order chi connectivity index (χ1) is 11.2. The van der Waals surface area contributed by atoms with Gasteiger partial charge in [-0.15, -0.1) is 0 Å². The lowest BCUT2D eigenvalue weighted by Gasteiger charge is -1.98. The third kappa shape index (κ3) is 3.95. The highest BCUT2D eigenvalue weighted by molar-refractivity contribution is 7.99. The van der Waals surface area contributed by atoms with Crippen LogP contribution in [0.3, 0.4) is 0 Å². The maximum atomic E-state index is 13.4. The number of nitrogens with zero attached hydrogens (tertiary/aromatic N) is 2. The van der Waals surface area contributed by atoms with Gasteiger partial charge in [-0.25, -0.2) is 14.8 Å². The molecular weight excluding hydrogens is 315 g/mol. The molecule has 5 nitrogen and oxygen atoms in total. The van der Waals surface area contributed by atoms with Gasteiger partial charge >= 0.3 is 0 Å². The number of aromatic amines is 1. The average Bonchev–Trinajstić information content (AvgIpc) is 2.98. The second-order valence-corrected chi connectivity index (χ2v) is 5.63. The minimum atomic E-state index is -0.387. The second kappa shape index (κ2) is 7.06. The number of hydrogen-bond acceptors (Lipinski definition) is 4. The normalized spacial score (nSPS) is 11.2. The summed E-state index contributed by atoms with van der Waals surface area (Å²) in [5.74, 6) is -0.515. The molecule has 0 aliphatic carbocycles. The van der Waals surface area contributed by atoms with Gasteiger partial charge in [0.25, 0.3) is 5.91 Å². The van der Waals surface area contributed by atoms with Crippen molar-refractivity contribution in [1.29, 1.82) is 0 Å². The number of hydrogen-bond donors (Lipinski definition) is 2. The number of imidazole rings is 1. The van der Waals surface area contributed by atoms with E-state index in [1.165, 1.54) is 24.0 Å². The molecular formula is C16H13FN4OS. The number of thioether (sulfide) groups is 1. The number of nitrogens with one attached hydrogen (secondary N) is 2. The molecule has 0 spiro atoms. The summed E-state index contributed by atoms with van der Waals surface area (Å²) in [6.45, 7) is 0. The minimum absolute atomic E-state index is 0.161. The number of benzene rings is 2. The summed E-state index contributed by atoms with van der Waals surface area (Å²) in [4.78, 5) is 19.2. The molecule has 0 saturated heterocycles. The van der Waals surface area contributed by atoms with Crippen molar-refractivity contribution < 1.29 is 9.18 Å². The van der Waals surface area contributed by atoms with Crippen LogP contribution in [-0.2, 0) is 4.79 Å². The summed E-state index contributed by atoms with van der Waals surface area (Å²) in [6, 6.07) is 13.8. The van der Waals surface area contributed by atoms with Crippen molar-refractivity contribution >= 4 is 34.9 Å². The van der Waals surface area contributed by atoms with Crippen LogP contribution >= 0.6 is 11.8 Å². The first kappa shape index (κ1) is 15.2. The van der Waals surface area contributed by atoms with Crippen LogP contribution in [0.15, 0.2) is 58.8 Å². The Morgan fingerprint density at radius 1 is 1.26 bits per heavy atom. The molecule has 23 heavy (non-hydrogen) atoms. The summed E-state index contributed by atoms with van der Waals surface area (Å²) < 4.78 is 13.4. The smallest absolute Gasteiger partial charge is 0.250 e. The van der Waals surface area contributed by atoms with E-state index in [0.29, 0.717) is 10.7 Å². The van der Waals surface area contributed by atoms with Crippen molar-refractivity contribution in [3.05, 3.63) is 59.9 Å². The summed E-state index contributed by atoms with van der Waals surface area (Å²) in [7, 11) is 0. The van der Waals surface area contributed by atoms with Gasteiger partial charge in [-0.3, -0.25) is 4.79 Å². The Hall–Kier alpha value is -2.67. The summed E-state index contributed by atoms with van der Waals surface area (Å²) in [5.41, 5.74) is 4.46. The number of fused-ring (bicyclic) bond motifs is 1. The first-order valence-corrected chi connectivity index (χ1v) is 7.85. The van der Waals surface area contributed by atoms with E-state index in [1.807, 2.05) is 24.3 Å². The summed E-state index contributed by atoms with van der Waals surface area (Å²) in [6.07, 6.45) is 1.28. The monoisotopic (exact) mass is 328 g/mol. The van der Waals surface area contributed by atoms with Gasteiger partial charge in [0.05, 0.1) is 23.0 Å². The van der Waals surface area contributed by atoms with Gasteiger partial charge in [0.1, 0.15) is 5.82 Å². The molecule has 0 atom stereocenters. The highest BCUT2D eigenvalue weighted by Crippen LogP contribution is 2.18. The standard InChI is InChI=1S/C16H13FN4OS/c17-12-6-2-1-5-11(12)9-18-21-15(22)10-23-16-19-13-7-3-4-8-14(13)20-16/h1-9H,10H2,(H,19,20)(H,21,22)/b18-9+. The van der Waals surface area contributed by atoms with E-state index in [1.54, 1.807) is 18.2 Å². The molecule has 0 unspecified atom stereocenters. The third-order valence-corrected chi connectivity index (χ3v) is 3.88. The van der Waals surface area contributed by atoms with Crippen molar-refractivity contribution in [1.82, 2.24) is 15.4 Å². The lowest BCUT2D eigenvalue weighted by Crippen LogP contribution is -2.19. The van der Waals surface area contributed by atoms with Crippen LogP contribution in [0.1, 0.15) is 5.56 Å². The molecule has 3 aromatic rings. The fraction of sp³-hybridized carbons (Fsp3) is 0.0625. The maximum Gasteiger partial charge on any atom is 0.250 e. The van der Waals surface area contributed by atoms with Crippen LogP contribution in [0.4, 0.5) is 4.39 Å². The van der Waals surface area contributed by atoms with Crippen LogP contribution in [0.5, 0.6) is 0 Å². The van der Waals surface area contributed by atoms with Crippen LogP contribution in [0.2, 0.25) is 0 Å². The Balaban J connectivity index is 1.52. The number of para-hydroxylation sites is 2. The zero-order valence-electron chi connectivity index (χ0n) is 12.0. The Morgan fingerprint density at radius 2 is 2.04 bits per heavy atom. The van der Waals surface area contributed by atoms with Crippen LogP contribution in [-0.4, -0.2) is 27.8 Å². The number of amides is 1. The van der Waals surface area contributed by atoms with E-state index >= 15 is 0 Å². The van der Waals surface area contributed by atoms with E-state index in [4.69, 9.17) is 0 Å². The van der Waals surface area contributed by atoms with Crippen molar-refractivity contribution in [2.75, 3.05) is 5.75 Å². The van der Waals surface area contributed by atoms with Crippen LogP contribution in [0.25, 0.3) is 11.0 Å². The number of rotatable bonds is 5. The molecule has 0 aliphatic heterocycles. The molecule has 0 fully saturated rings. The highest BCUT2D eigenvalue weighted by atomic mass is 32.2. The fourth-order valence-electron chi connectivity index (χ4n) is 1.92. The molecule has 0 saturated carbocycles. The van der Waals surface area contributed by atoms with Crippen molar-refractivity contribution in [2.45, 2.75) is 5.16 Å². The molecule has 2 N–H and O–H groups in total. The maximum absolute atomic E-state index is 13.4. The van der Waals surface area contributed by atoms with E-state index in [0.717, 1.165) is 11.0 Å². The number of carbonyl (C=O) groups is 1. The second-order valence-electron chi connectivity index (χ2n) is 4.66. The van der Waals surface area contributed by atoms with E-state index in [9.17, 15) is 9.18 Å². The molecule has 1 amide bonds. The molecule has 7 heteroatoms. The SMILES string of the molecule is O=C(CSc1nc2ccccc2[nH]1)N/N=C/c1ccccc1F. The molecule has 0 bridgehead atoms. The fourth-order valence-corrected chi connectivity index (χ4v) is 2.59. The molecule has 3 rings (SSSR count). The Bertz CT molecular complexity index is 829. The molecule has 2 aromatic carbocycles. The Morgan fingerprint density at radius 3 is 2.87 bits per heavy atom. The number of hydrazone groups is 1. The predicted molar refractivity (Wildman–Crippen MR) is 89.0 cm³/mol. The number of halogens is 1. The van der Waals surface area contributed by atoms with Crippen LogP contribution < -0.4 is 5.43 Å². The Kier molecular flexibility index (Phi) is 4.68. The van der Waals surface area contributed by atoms with Crippen molar-refractivity contribution in [3.63, 3.8) is 0 Å². The topological polar surface area (TPSA) is 70.1 Å². The van der Waals surface area contributed by atoms with Crippen molar-refractivity contribution in [3.8, 4) is 0 Å². The molecule has 116 valence electrons. The van der Waals surface area contributed by atoms with Gasteiger partial charge in [-0.2, -0.15) is 5.10 Å². The van der Waals surface area contributed by atoms with Gasteiger partial charge in [0.2, 0.25) is 0 Å². The largest absolute Gasteiger partial charge is 0.333 e. The van der Waals surface area contributed by atoms with Gasteiger partial charge in [-0.05, 0) is 18.2 Å². The predicted octanol–water partition coefficient (Wildman–Crippen LogP) is 2.94. The first-order valence-electron chi connectivity index (χ1n) is 6.86. The van der Waals surface area contributed by atoms with Crippen LogP contribution in [0, 0.1) is 5.82 Å². The molecule has 0 radical (unpaired) electrons. The van der Waals surface area contributed by atoms with Crippen molar-refractivity contribution in [2.24, 2.45) is 5.10 Å². The zero-order chi connectivity index (χ0) is 16.1. The molecule has 1 heterocycles. The molecule has 0 aliphatic rings. The quantitative estimate of drug-likeness (QED) is 0.430. The van der Waals surface area contributed by atoms with Gasteiger partial charge < -0.3 is 4.98 Å². The van der Waals surface area contributed by atoms with E-state index in [-0.39, 0.29) is 17.5 Å². The zero-order valence-corrected chi connectivity index (χ0v) is 12.8. The lowest BCUT2D eigenvalue weighted by molar-refractivity contribution is -0.118. The van der Waals surface area contributed by atoms with Gasteiger partial charge in [-0.1, -0.05) is 42.1 Å². The molecule has 1 aromatic heterocycles. The highest BCUT2D eigenvalue weighted by Gasteiger charge is 2.06. The third-order valence-electron chi connectivity index (χ3n) is 3.01. The summed E-state index contributed by atoms with van der Waals surface area (Å²) >= 11 is 1.28. The summed E-state index contributed by atoms with van der Waals surface area (Å²) in [5, 5.41) is 4.42. The van der Waals surface area contributed by atoms with Gasteiger partial charge in [0.15, 0.2) is 5.16 Å². The average molecular weight is 328 g/mol. The van der Waals surface area contributed by atoms with Gasteiger partial charge in [0, 0.05) is 5.56 Å².